The topological polar surface area (TPSA) is 137 Å². The number of carbonyl (C=O) groups excluding carboxylic acids is 3. The highest BCUT2D eigenvalue weighted by Crippen LogP contribution is 2.41. The fourth-order valence-corrected chi connectivity index (χ4v) is 4.89. The summed E-state index contributed by atoms with van der Waals surface area (Å²) in [5, 5.41) is 25.7. The Morgan fingerprint density at radius 3 is 2.19 bits per heavy atom. The molecule has 3 aromatic carbocycles. The molecule has 228 valence electrons. The Morgan fingerprint density at radius 1 is 0.977 bits per heavy atom. The quantitative estimate of drug-likeness (QED) is 0.256. The summed E-state index contributed by atoms with van der Waals surface area (Å²) in [4.78, 5) is 43.0. The fraction of sp³-hybridized carbons (Fsp3) is 0.364. The highest BCUT2D eigenvalue weighted by Gasteiger charge is 2.48. The molecule has 4 atom stereocenters. The zero-order valence-electron chi connectivity index (χ0n) is 25.0. The molecular weight excluding hydrogens is 550 g/mol. The first kappa shape index (κ1) is 31.2. The van der Waals surface area contributed by atoms with Gasteiger partial charge in [0.05, 0.1) is 7.11 Å². The van der Waals surface area contributed by atoms with Gasteiger partial charge in [0.1, 0.15) is 34.9 Å². The maximum atomic E-state index is 14.5. The number of nitrogens with one attached hydrogen (secondary N) is 2. The van der Waals surface area contributed by atoms with Crippen molar-refractivity contribution in [2.45, 2.75) is 64.3 Å². The summed E-state index contributed by atoms with van der Waals surface area (Å²) in [6.07, 6.45) is -0.0251. The van der Waals surface area contributed by atoms with E-state index in [4.69, 9.17) is 9.47 Å². The maximum absolute atomic E-state index is 14.5. The predicted octanol–water partition coefficient (Wildman–Crippen LogP) is 5.16. The van der Waals surface area contributed by atoms with Crippen LogP contribution in [0.1, 0.15) is 51.3 Å². The Kier molecular flexibility index (Phi) is 9.48. The van der Waals surface area contributed by atoms with Crippen molar-refractivity contribution in [3.63, 3.8) is 0 Å². The van der Waals surface area contributed by atoms with Crippen LogP contribution in [-0.2, 0) is 20.7 Å². The highest BCUT2D eigenvalue weighted by atomic mass is 16.6. The molecule has 3 aromatic rings. The largest absolute Gasteiger partial charge is 0.508 e. The summed E-state index contributed by atoms with van der Waals surface area (Å²) < 4.78 is 10.7. The smallest absolute Gasteiger partial charge is 0.408 e. The second kappa shape index (κ2) is 13.1. The van der Waals surface area contributed by atoms with Crippen molar-refractivity contribution in [1.29, 1.82) is 0 Å². The van der Waals surface area contributed by atoms with Crippen molar-refractivity contribution >= 4 is 23.6 Å². The van der Waals surface area contributed by atoms with Crippen molar-refractivity contribution in [2.24, 2.45) is 5.92 Å². The first-order chi connectivity index (χ1) is 20.3. The molecule has 4 unspecified atom stereocenters. The van der Waals surface area contributed by atoms with E-state index >= 15 is 0 Å². The van der Waals surface area contributed by atoms with E-state index < -0.39 is 35.6 Å². The van der Waals surface area contributed by atoms with Crippen molar-refractivity contribution in [2.75, 3.05) is 12.4 Å². The average Bonchev–Trinajstić information content (AvgIpc) is 3.66. The third-order valence-corrected chi connectivity index (χ3v) is 7.11. The molecule has 43 heavy (non-hydrogen) atoms. The summed E-state index contributed by atoms with van der Waals surface area (Å²) in [5.74, 6) is -0.219. The van der Waals surface area contributed by atoms with Gasteiger partial charge in [-0.15, -0.1) is 0 Å². The molecule has 1 aliphatic carbocycles. The zero-order valence-corrected chi connectivity index (χ0v) is 25.0. The van der Waals surface area contributed by atoms with Gasteiger partial charge in [-0.2, -0.15) is 0 Å². The molecular formula is C33H39N3O7. The summed E-state index contributed by atoms with van der Waals surface area (Å²) in [6, 6.07) is 16.9. The normalized spacial score (nSPS) is 17.2. The SMILES string of the molecule is COc1ccc(NC(=O)C(c2cccc(O)c2)N(C(=O)C(Cc2ccc(O)cc2)NC(=O)OC(C)(C)C)C2CC2C)cc1. The van der Waals surface area contributed by atoms with Gasteiger partial charge in [0.25, 0.3) is 5.91 Å². The van der Waals surface area contributed by atoms with E-state index in [1.54, 1.807) is 76.4 Å². The van der Waals surface area contributed by atoms with E-state index in [9.17, 15) is 24.6 Å². The second-order valence-corrected chi connectivity index (χ2v) is 11.8. The molecule has 1 aliphatic rings. The standard InChI is InChI=1S/C33H39N3O7/c1-20-17-28(20)36(31(40)27(35-32(41)43-33(2,3)4)18-21-9-13-24(37)14-10-21)29(22-7-6-8-25(38)19-22)30(39)34-23-11-15-26(42-5)16-12-23/h6-16,19-20,27-29,37-38H,17-18H2,1-5H3,(H,34,39)(H,35,41). The van der Waals surface area contributed by atoms with Crippen molar-refractivity contribution in [3.8, 4) is 17.2 Å². The number of aromatic hydroxyl groups is 2. The van der Waals surface area contributed by atoms with E-state index in [1.807, 2.05) is 6.92 Å². The lowest BCUT2D eigenvalue weighted by atomic mass is 9.99. The average molecular weight is 590 g/mol. The predicted molar refractivity (Wildman–Crippen MR) is 162 cm³/mol. The van der Waals surface area contributed by atoms with Gasteiger partial charge in [-0.05, 0) is 92.8 Å². The molecule has 0 heterocycles. The Morgan fingerprint density at radius 2 is 1.63 bits per heavy atom. The molecule has 4 N–H and O–H groups in total. The third-order valence-electron chi connectivity index (χ3n) is 7.11. The number of ether oxygens (including phenoxy) is 2. The minimum absolute atomic E-state index is 0.0523. The van der Waals surface area contributed by atoms with Crippen LogP contribution in [0.5, 0.6) is 17.2 Å². The van der Waals surface area contributed by atoms with Crippen LogP contribution in [0.25, 0.3) is 0 Å². The number of phenols is 2. The molecule has 1 saturated carbocycles. The van der Waals surface area contributed by atoms with E-state index in [-0.39, 0.29) is 29.9 Å². The second-order valence-electron chi connectivity index (χ2n) is 11.8. The van der Waals surface area contributed by atoms with Gasteiger partial charge in [0.15, 0.2) is 0 Å². The zero-order chi connectivity index (χ0) is 31.3. The van der Waals surface area contributed by atoms with E-state index in [0.717, 1.165) is 0 Å². The summed E-state index contributed by atoms with van der Waals surface area (Å²) in [6.45, 7) is 7.16. The maximum Gasteiger partial charge on any atom is 0.408 e. The Labute approximate surface area is 251 Å². The minimum Gasteiger partial charge on any atom is -0.508 e. The number of amides is 3. The lowest BCUT2D eigenvalue weighted by Crippen LogP contribution is -2.54. The highest BCUT2D eigenvalue weighted by molar-refractivity contribution is 5.99. The molecule has 0 spiro atoms. The monoisotopic (exact) mass is 589 g/mol. The summed E-state index contributed by atoms with van der Waals surface area (Å²) in [5.41, 5.74) is 0.801. The van der Waals surface area contributed by atoms with Crippen molar-refractivity contribution in [1.82, 2.24) is 10.2 Å². The third kappa shape index (κ3) is 8.41. The molecule has 0 radical (unpaired) electrons. The van der Waals surface area contributed by atoms with Crippen LogP contribution in [0.15, 0.2) is 72.8 Å². The van der Waals surface area contributed by atoms with Crippen LogP contribution in [-0.4, -0.2) is 57.8 Å². The van der Waals surface area contributed by atoms with E-state index in [1.165, 1.54) is 29.2 Å². The molecule has 0 bridgehead atoms. The molecule has 0 saturated heterocycles. The van der Waals surface area contributed by atoms with Crippen molar-refractivity contribution in [3.05, 3.63) is 83.9 Å². The van der Waals surface area contributed by atoms with Gasteiger partial charge >= 0.3 is 6.09 Å². The number of phenolic OH excluding ortho intramolecular Hbond substituents is 2. The van der Waals surface area contributed by atoms with Crippen LogP contribution >= 0.6 is 0 Å². The molecule has 1 fully saturated rings. The first-order valence-corrected chi connectivity index (χ1v) is 14.2. The minimum atomic E-state index is -1.13. The molecule has 10 heteroatoms. The summed E-state index contributed by atoms with van der Waals surface area (Å²) >= 11 is 0. The van der Waals surface area contributed by atoms with E-state index in [2.05, 4.69) is 10.6 Å². The molecule has 4 rings (SSSR count). The van der Waals surface area contributed by atoms with Crippen molar-refractivity contribution < 1.29 is 34.1 Å². The first-order valence-electron chi connectivity index (χ1n) is 14.2. The van der Waals surface area contributed by atoms with Gasteiger partial charge < -0.3 is 35.2 Å². The number of benzene rings is 3. The van der Waals surface area contributed by atoms with Gasteiger partial charge in [-0.25, -0.2) is 4.79 Å². The number of alkyl carbamates (subject to hydrolysis) is 1. The Hall–Kier alpha value is -4.73. The van der Waals surface area contributed by atoms with E-state index in [0.29, 0.717) is 29.0 Å². The number of nitrogens with zero attached hydrogens (tertiary/aromatic N) is 1. The molecule has 10 nitrogen and oxygen atoms in total. The lowest BCUT2D eigenvalue weighted by Gasteiger charge is -2.35. The Balaban J connectivity index is 1.73. The number of hydrogen-bond donors (Lipinski definition) is 4. The molecule has 0 aliphatic heterocycles. The van der Waals surface area contributed by atoms with Gasteiger partial charge in [0, 0.05) is 18.2 Å². The number of carbonyl (C=O) groups is 3. The van der Waals surface area contributed by atoms with Crippen LogP contribution < -0.4 is 15.4 Å². The number of rotatable bonds is 10. The fourth-order valence-electron chi connectivity index (χ4n) is 4.89. The molecule has 3 amide bonds. The van der Waals surface area contributed by atoms with Crippen LogP contribution in [0.4, 0.5) is 10.5 Å². The van der Waals surface area contributed by atoms with Crippen LogP contribution in [0.3, 0.4) is 0 Å². The van der Waals surface area contributed by atoms with Gasteiger partial charge in [-0.1, -0.05) is 31.2 Å². The number of hydrogen-bond acceptors (Lipinski definition) is 7. The van der Waals surface area contributed by atoms with Gasteiger partial charge in [0.2, 0.25) is 5.91 Å². The number of methoxy groups -OCH3 is 1. The number of anilines is 1. The summed E-state index contributed by atoms with van der Waals surface area (Å²) in [7, 11) is 1.55. The van der Waals surface area contributed by atoms with Gasteiger partial charge in [-0.3, -0.25) is 9.59 Å². The Bertz CT molecular complexity index is 1430. The molecule has 0 aromatic heterocycles. The lowest BCUT2D eigenvalue weighted by molar-refractivity contribution is -0.141. The van der Waals surface area contributed by atoms with Crippen LogP contribution in [0, 0.1) is 5.92 Å². The van der Waals surface area contributed by atoms with Crippen LogP contribution in [0.2, 0.25) is 0 Å².